The van der Waals surface area contributed by atoms with Gasteiger partial charge < -0.3 is 4.90 Å². The SMILES string of the molecule is C=CCN(C)c1ccc(C(C#N)=C(C#N)C#N)cc1. The lowest BCUT2D eigenvalue weighted by Gasteiger charge is -2.17. The van der Waals surface area contributed by atoms with E-state index >= 15 is 0 Å². The molecule has 0 N–H and O–H groups in total. The van der Waals surface area contributed by atoms with Gasteiger partial charge in [0.25, 0.3) is 0 Å². The second-order valence-electron chi connectivity index (χ2n) is 3.80. The van der Waals surface area contributed by atoms with Crippen LogP contribution >= 0.6 is 0 Å². The van der Waals surface area contributed by atoms with E-state index in [2.05, 4.69) is 6.58 Å². The quantitative estimate of drug-likeness (QED) is 0.606. The molecule has 0 aromatic heterocycles. The summed E-state index contributed by atoms with van der Waals surface area (Å²) in [4.78, 5) is 1.99. The summed E-state index contributed by atoms with van der Waals surface area (Å²) in [6.45, 7) is 4.38. The van der Waals surface area contributed by atoms with Crippen molar-refractivity contribution in [3.63, 3.8) is 0 Å². The van der Waals surface area contributed by atoms with Gasteiger partial charge in [-0.2, -0.15) is 15.8 Å². The minimum atomic E-state index is -0.172. The van der Waals surface area contributed by atoms with Gasteiger partial charge in [-0.15, -0.1) is 6.58 Å². The standard InChI is InChI=1S/C15H12N4/c1-3-8-19(2)14-6-4-12(5-7-14)15(11-18)13(9-16)10-17/h3-7H,1,8H2,2H3. The van der Waals surface area contributed by atoms with Gasteiger partial charge in [-0.05, 0) is 17.7 Å². The molecule has 1 rings (SSSR count). The Bertz CT molecular complexity index is 602. The average molecular weight is 248 g/mol. The molecular formula is C15H12N4. The second kappa shape index (κ2) is 6.64. The maximum absolute atomic E-state index is 9.04. The summed E-state index contributed by atoms with van der Waals surface area (Å²) >= 11 is 0. The first kappa shape index (κ1) is 14.0. The van der Waals surface area contributed by atoms with E-state index in [-0.39, 0.29) is 11.1 Å². The van der Waals surface area contributed by atoms with E-state index in [1.54, 1.807) is 30.3 Å². The molecule has 0 atom stereocenters. The van der Waals surface area contributed by atoms with Gasteiger partial charge >= 0.3 is 0 Å². The Morgan fingerprint density at radius 1 is 1.16 bits per heavy atom. The monoisotopic (exact) mass is 248 g/mol. The molecule has 4 nitrogen and oxygen atoms in total. The maximum Gasteiger partial charge on any atom is 0.148 e. The first-order chi connectivity index (χ1) is 9.17. The van der Waals surface area contributed by atoms with Crippen molar-refractivity contribution >= 4 is 11.3 Å². The highest BCUT2D eigenvalue weighted by molar-refractivity contribution is 5.84. The highest BCUT2D eigenvalue weighted by Crippen LogP contribution is 2.21. The minimum absolute atomic E-state index is 0.0999. The van der Waals surface area contributed by atoms with Crippen molar-refractivity contribution < 1.29 is 0 Å². The molecule has 4 heteroatoms. The van der Waals surface area contributed by atoms with Gasteiger partial charge in [-0.25, -0.2) is 0 Å². The predicted molar refractivity (Wildman–Crippen MR) is 73.7 cm³/mol. The van der Waals surface area contributed by atoms with Crippen molar-refractivity contribution in [3.05, 3.63) is 48.1 Å². The van der Waals surface area contributed by atoms with Crippen LogP contribution in [0, 0.1) is 34.0 Å². The predicted octanol–water partition coefficient (Wildman–Crippen LogP) is 2.63. The Hall–Kier alpha value is -3.03. The van der Waals surface area contributed by atoms with Crippen LogP contribution in [0.15, 0.2) is 42.5 Å². The number of hydrogen-bond acceptors (Lipinski definition) is 4. The molecule has 1 aromatic carbocycles. The minimum Gasteiger partial charge on any atom is -0.371 e. The molecule has 0 aliphatic rings. The molecule has 1 aromatic rings. The van der Waals surface area contributed by atoms with Gasteiger partial charge in [0.1, 0.15) is 23.8 Å². The molecule has 0 aliphatic heterocycles. The second-order valence-corrected chi connectivity index (χ2v) is 3.80. The molecule has 0 amide bonds. The zero-order valence-electron chi connectivity index (χ0n) is 10.6. The van der Waals surface area contributed by atoms with Crippen molar-refractivity contribution in [2.75, 3.05) is 18.5 Å². The van der Waals surface area contributed by atoms with Crippen LogP contribution in [-0.4, -0.2) is 13.6 Å². The van der Waals surface area contributed by atoms with Gasteiger partial charge in [-0.1, -0.05) is 18.2 Å². The summed E-state index contributed by atoms with van der Waals surface area (Å²) in [5, 5.41) is 26.6. The summed E-state index contributed by atoms with van der Waals surface area (Å²) in [7, 11) is 1.92. The highest BCUT2D eigenvalue weighted by atomic mass is 15.1. The molecule has 0 radical (unpaired) electrons. The molecule has 0 bridgehead atoms. The van der Waals surface area contributed by atoms with E-state index in [0.717, 1.165) is 5.69 Å². The van der Waals surface area contributed by atoms with E-state index in [1.807, 2.05) is 30.1 Å². The lowest BCUT2D eigenvalue weighted by atomic mass is 10.0. The Morgan fingerprint density at radius 3 is 2.16 bits per heavy atom. The Labute approximate surface area is 112 Å². The normalized spacial score (nSPS) is 8.53. The topological polar surface area (TPSA) is 74.6 Å². The number of nitriles is 3. The highest BCUT2D eigenvalue weighted by Gasteiger charge is 2.09. The number of anilines is 1. The summed E-state index contributed by atoms with van der Waals surface area (Å²) in [5.41, 5.74) is 1.46. The van der Waals surface area contributed by atoms with E-state index in [1.165, 1.54) is 0 Å². The number of hydrogen-bond donors (Lipinski definition) is 0. The van der Waals surface area contributed by atoms with E-state index in [0.29, 0.717) is 12.1 Å². The van der Waals surface area contributed by atoms with Crippen molar-refractivity contribution in [2.45, 2.75) is 0 Å². The fourth-order valence-corrected chi connectivity index (χ4v) is 1.58. The fraction of sp³-hybridized carbons (Fsp3) is 0.133. The molecule has 92 valence electrons. The van der Waals surface area contributed by atoms with Crippen LogP contribution in [0.1, 0.15) is 5.56 Å². The fourth-order valence-electron chi connectivity index (χ4n) is 1.58. The van der Waals surface area contributed by atoms with Gasteiger partial charge in [0.2, 0.25) is 0 Å². The van der Waals surface area contributed by atoms with E-state index < -0.39 is 0 Å². The summed E-state index contributed by atoms with van der Waals surface area (Å²) in [6, 6.07) is 12.5. The third-order valence-corrected chi connectivity index (χ3v) is 2.59. The zero-order chi connectivity index (χ0) is 14.3. The molecule has 0 heterocycles. The lowest BCUT2D eigenvalue weighted by molar-refractivity contribution is 1.03. The summed E-state index contributed by atoms with van der Waals surface area (Å²) < 4.78 is 0. The van der Waals surface area contributed by atoms with Crippen molar-refractivity contribution in [3.8, 4) is 18.2 Å². The van der Waals surface area contributed by atoms with Gasteiger partial charge in [0, 0.05) is 19.3 Å². The molecule has 19 heavy (non-hydrogen) atoms. The molecule has 0 spiro atoms. The van der Waals surface area contributed by atoms with E-state index in [9.17, 15) is 0 Å². The van der Waals surface area contributed by atoms with Crippen LogP contribution in [0.25, 0.3) is 5.57 Å². The average Bonchev–Trinajstić information content (AvgIpc) is 2.45. The first-order valence-electron chi connectivity index (χ1n) is 5.55. The van der Waals surface area contributed by atoms with Gasteiger partial charge in [0.15, 0.2) is 0 Å². The molecule has 0 unspecified atom stereocenters. The number of rotatable bonds is 4. The number of benzene rings is 1. The lowest BCUT2D eigenvalue weighted by Crippen LogP contribution is -2.16. The number of allylic oxidation sites excluding steroid dienone is 2. The van der Waals surface area contributed by atoms with Crippen molar-refractivity contribution in [2.24, 2.45) is 0 Å². The van der Waals surface area contributed by atoms with Crippen LogP contribution in [0.2, 0.25) is 0 Å². The van der Waals surface area contributed by atoms with Gasteiger partial charge in [0.05, 0.1) is 5.57 Å². The molecule has 0 fully saturated rings. The molecular weight excluding hydrogens is 236 g/mol. The molecule has 0 aliphatic carbocycles. The molecule has 0 saturated carbocycles. The Kier molecular flexibility index (Phi) is 4.91. The van der Waals surface area contributed by atoms with Crippen LogP contribution in [-0.2, 0) is 0 Å². The maximum atomic E-state index is 9.04. The Balaban J connectivity index is 3.17. The molecule has 0 saturated heterocycles. The third-order valence-electron chi connectivity index (χ3n) is 2.59. The first-order valence-corrected chi connectivity index (χ1v) is 5.55. The third kappa shape index (κ3) is 3.22. The van der Waals surface area contributed by atoms with Crippen LogP contribution < -0.4 is 4.90 Å². The zero-order valence-corrected chi connectivity index (χ0v) is 10.6. The van der Waals surface area contributed by atoms with Crippen LogP contribution in [0.5, 0.6) is 0 Å². The van der Waals surface area contributed by atoms with Crippen molar-refractivity contribution in [1.82, 2.24) is 0 Å². The Morgan fingerprint density at radius 2 is 1.74 bits per heavy atom. The number of likely N-dealkylation sites (N-methyl/N-ethyl adjacent to an activating group) is 1. The van der Waals surface area contributed by atoms with E-state index in [4.69, 9.17) is 15.8 Å². The van der Waals surface area contributed by atoms with Crippen molar-refractivity contribution in [1.29, 1.82) is 15.8 Å². The summed E-state index contributed by atoms with van der Waals surface area (Å²) in [5.74, 6) is 0. The largest absolute Gasteiger partial charge is 0.371 e. The number of nitrogens with zero attached hydrogens (tertiary/aromatic N) is 4. The van der Waals surface area contributed by atoms with Gasteiger partial charge in [-0.3, -0.25) is 0 Å². The van der Waals surface area contributed by atoms with Crippen LogP contribution in [0.4, 0.5) is 5.69 Å². The smallest absolute Gasteiger partial charge is 0.148 e. The van der Waals surface area contributed by atoms with Crippen LogP contribution in [0.3, 0.4) is 0 Å². The summed E-state index contributed by atoms with van der Waals surface area (Å²) in [6.07, 6.45) is 1.79.